The molecule has 41 heavy (non-hydrogen) atoms. The molecule has 0 aromatic heterocycles. The molecule has 2 fully saturated rings. The van der Waals surface area contributed by atoms with Crippen LogP contribution in [-0.4, -0.2) is 77.0 Å². The number of piperazine rings is 1. The molecule has 2 saturated heterocycles. The van der Waals surface area contributed by atoms with E-state index in [0.29, 0.717) is 32.6 Å². The van der Waals surface area contributed by atoms with Gasteiger partial charge in [-0.1, -0.05) is 50.6 Å². The number of rotatable bonds is 12. The number of benzene rings is 2. The van der Waals surface area contributed by atoms with Gasteiger partial charge in [-0.25, -0.2) is 8.78 Å². The third kappa shape index (κ3) is 7.48. The maximum Gasteiger partial charge on any atom is 0.242 e. The molecular formula is C31H40F2N4O4. The molecule has 10 heteroatoms. The molecule has 2 aliphatic rings. The first-order valence-corrected chi connectivity index (χ1v) is 14.5. The lowest BCUT2D eigenvalue weighted by Crippen LogP contribution is -2.64. The lowest BCUT2D eigenvalue weighted by atomic mass is 9.90. The summed E-state index contributed by atoms with van der Waals surface area (Å²) in [7, 11) is 0. The maximum absolute atomic E-state index is 14.0. The molecule has 4 rings (SSSR count). The number of aliphatic hydroxyl groups excluding tert-OH is 1. The predicted molar refractivity (Wildman–Crippen MR) is 150 cm³/mol. The molecule has 0 spiro atoms. The topological polar surface area (TPSA) is 102 Å². The highest BCUT2D eigenvalue weighted by Crippen LogP contribution is 2.29. The highest BCUT2D eigenvalue weighted by Gasteiger charge is 2.45. The normalized spacial score (nSPS) is 22.6. The average molecular weight is 571 g/mol. The van der Waals surface area contributed by atoms with Crippen LogP contribution >= 0.6 is 0 Å². The number of carbonyl (C=O) groups excluding carboxylic acids is 3. The van der Waals surface area contributed by atoms with Gasteiger partial charge in [-0.3, -0.25) is 14.4 Å². The minimum atomic E-state index is -1.40. The first kappa shape index (κ1) is 30.6. The van der Waals surface area contributed by atoms with Gasteiger partial charge in [-0.15, -0.1) is 0 Å². The first-order valence-electron chi connectivity index (χ1n) is 14.5. The van der Waals surface area contributed by atoms with Gasteiger partial charge in [-0.2, -0.15) is 0 Å². The Kier molecular flexibility index (Phi) is 10.4. The highest BCUT2D eigenvalue weighted by atomic mass is 19.1. The molecule has 0 saturated carbocycles. The summed E-state index contributed by atoms with van der Waals surface area (Å²) in [4.78, 5) is 43.4. The van der Waals surface area contributed by atoms with Crippen LogP contribution in [0.5, 0.6) is 0 Å². The second-order valence-corrected chi connectivity index (χ2v) is 11.0. The Labute approximate surface area is 240 Å². The zero-order valence-electron chi connectivity index (χ0n) is 23.7. The van der Waals surface area contributed by atoms with Crippen molar-refractivity contribution in [3.63, 3.8) is 0 Å². The number of unbranched alkanes of at least 4 members (excludes halogenated alkanes) is 1. The first-order chi connectivity index (χ1) is 19.7. The number of amides is 3. The fourth-order valence-electron chi connectivity index (χ4n) is 5.88. The van der Waals surface area contributed by atoms with Crippen molar-refractivity contribution in [3.8, 4) is 0 Å². The fraction of sp³-hybridized carbons (Fsp3) is 0.516. The molecule has 3 N–H and O–H groups in total. The van der Waals surface area contributed by atoms with Crippen LogP contribution in [0.25, 0.3) is 0 Å². The Morgan fingerprint density at radius 2 is 1.76 bits per heavy atom. The van der Waals surface area contributed by atoms with E-state index in [1.54, 1.807) is 9.80 Å². The van der Waals surface area contributed by atoms with Crippen LogP contribution in [0.15, 0.2) is 48.5 Å². The van der Waals surface area contributed by atoms with Crippen LogP contribution in [0.3, 0.4) is 0 Å². The Morgan fingerprint density at radius 1 is 1.05 bits per heavy atom. The molecule has 2 aromatic rings. The monoisotopic (exact) mass is 570 g/mol. The van der Waals surface area contributed by atoms with Crippen molar-refractivity contribution in [2.24, 2.45) is 11.8 Å². The maximum atomic E-state index is 14.0. The Morgan fingerprint density at radius 3 is 2.41 bits per heavy atom. The summed E-state index contributed by atoms with van der Waals surface area (Å²) in [5.74, 6) is -3.50. The number of hydrogen-bond donors (Lipinski definition) is 3. The summed E-state index contributed by atoms with van der Waals surface area (Å²) < 4.78 is 28.1. The van der Waals surface area contributed by atoms with E-state index in [4.69, 9.17) is 0 Å². The van der Waals surface area contributed by atoms with Crippen molar-refractivity contribution in [1.82, 2.24) is 20.4 Å². The molecule has 0 aliphatic carbocycles. The molecule has 222 valence electrons. The largest absolute Gasteiger partial charge is 0.389 e. The number of aliphatic hydroxyl groups is 1. The molecule has 2 heterocycles. The van der Waals surface area contributed by atoms with Gasteiger partial charge < -0.3 is 25.5 Å². The van der Waals surface area contributed by atoms with Gasteiger partial charge in [0.15, 0.2) is 0 Å². The number of nitrogens with zero attached hydrogens (tertiary/aromatic N) is 2. The number of hydrogen-bond acceptors (Lipinski definition) is 5. The smallest absolute Gasteiger partial charge is 0.242 e. The number of halogens is 2. The van der Waals surface area contributed by atoms with Gasteiger partial charge in [0.2, 0.25) is 17.7 Å². The van der Waals surface area contributed by atoms with Crippen LogP contribution in [0.4, 0.5) is 8.78 Å². The zero-order valence-corrected chi connectivity index (χ0v) is 23.7. The van der Waals surface area contributed by atoms with Crippen LogP contribution in [0.1, 0.15) is 44.2 Å². The van der Waals surface area contributed by atoms with Gasteiger partial charge in [0.25, 0.3) is 0 Å². The van der Waals surface area contributed by atoms with E-state index in [0.717, 1.165) is 36.6 Å². The Bertz CT molecular complexity index is 1190. The van der Waals surface area contributed by atoms with E-state index in [1.165, 1.54) is 0 Å². The highest BCUT2D eigenvalue weighted by molar-refractivity contribution is 5.91. The average Bonchev–Trinajstić information content (AvgIpc) is 3.27. The standard InChI is InChI=1S/C31H40F2N4O4/c1-3-5-12-36-19-25(24(4-2)30(36)40)29(39)35-26(16-21-14-22(32)17-23(33)15-21)28(38)27-31(41)37(13-11-34-27)18-20-9-7-6-8-10-20/h6-10,14-15,17,24-28,34,38H,3-5,11-13,16,18-19H2,1-2H3,(H,35,39)/t24-,25?,26+,27+,28+/m1/s1. The van der Waals surface area contributed by atoms with Crippen molar-refractivity contribution in [2.75, 3.05) is 26.2 Å². The van der Waals surface area contributed by atoms with E-state index in [9.17, 15) is 28.3 Å². The Balaban J connectivity index is 1.55. The van der Waals surface area contributed by atoms with Gasteiger partial charge in [-0.05, 0) is 42.5 Å². The van der Waals surface area contributed by atoms with Crippen molar-refractivity contribution in [2.45, 2.75) is 64.3 Å². The summed E-state index contributed by atoms with van der Waals surface area (Å²) in [6.45, 7) is 5.97. The number of likely N-dealkylation sites (tertiary alicyclic amines) is 1. The number of nitrogens with one attached hydrogen (secondary N) is 2. The third-order valence-corrected chi connectivity index (χ3v) is 8.09. The summed E-state index contributed by atoms with van der Waals surface area (Å²) >= 11 is 0. The number of carbonyl (C=O) groups is 3. The van der Waals surface area contributed by atoms with E-state index in [-0.39, 0.29) is 30.3 Å². The van der Waals surface area contributed by atoms with Crippen LogP contribution < -0.4 is 10.6 Å². The van der Waals surface area contributed by atoms with Crippen molar-refractivity contribution in [3.05, 3.63) is 71.3 Å². The molecule has 3 amide bonds. The van der Waals surface area contributed by atoms with Crippen LogP contribution in [-0.2, 0) is 27.3 Å². The summed E-state index contributed by atoms with van der Waals surface area (Å²) in [6, 6.07) is 10.5. The van der Waals surface area contributed by atoms with Crippen molar-refractivity contribution < 1.29 is 28.3 Å². The van der Waals surface area contributed by atoms with Gasteiger partial charge in [0, 0.05) is 38.8 Å². The lowest BCUT2D eigenvalue weighted by Gasteiger charge is -2.38. The molecular weight excluding hydrogens is 530 g/mol. The molecule has 0 bridgehead atoms. The SMILES string of the molecule is CCCCN1CC(C(=O)N[C@@H](Cc2cc(F)cc(F)c2)[C@H](O)[C@@H]2NCCN(Cc3ccccc3)C2=O)[C@@H](CC)C1=O. The second-order valence-electron chi connectivity index (χ2n) is 11.0. The quantitative estimate of drug-likeness (QED) is 0.364. The predicted octanol–water partition coefficient (Wildman–Crippen LogP) is 2.64. The van der Waals surface area contributed by atoms with Crippen molar-refractivity contribution >= 4 is 17.7 Å². The minimum absolute atomic E-state index is 0.0638. The van der Waals surface area contributed by atoms with Crippen LogP contribution in [0.2, 0.25) is 0 Å². The van der Waals surface area contributed by atoms with Gasteiger partial charge >= 0.3 is 0 Å². The van der Waals surface area contributed by atoms with Crippen LogP contribution in [0, 0.1) is 23.5 Å². The molecule has 1 unspecified atom stereocenters. The Hall–Kier alpha value is -3.37. The van der Waals surface area contributed by atoms with E-state index in [2.05, 4.69) is 10.6 Å². The molecule has 8 nitrogen and oxygen atoms in total. The molecule has 2 aliphatic heterocycles. The molecule has 2 aromatic carbocycles. The summed E-state index contributed by atoms with van der Waals surface area (Å²) in [5, 5.41) is 17.5. The zero-order chi connectivity index (χ0) is 29.5. The van der Waals surface area contributed by atoms with E-state index in [1.807, 2.05) is 44.2 Å². The molecule has 5 atom stereocenters. The fourth-order valence-corrected chi connectivity index (χ4v) is 5.88. The molecule has 0 radical (unpaired) electrons. The van der Waals surface area contributed by atoms with E-state index >= 15 is 0 Å². The lowest BCUT2D eigenvalue weighted by molar-refractivity contribution is -0.141. The van der Waals surface area contributed by atoms with Gasteiger partial charge in [0.05, 0.1) is 24.0 Å². The van der Waals surface area contributed by atoms with E-state index < -0.39 is 47.6 Å². The van der Waals surface area contributed by atoms with Crippen molar-refractivity contribution in [1.29, 1.82) is 0 Å². The summed E-state index contributed by atoms with van der Waals surface area (Å²) in [5.41, 5.74) is 1.18. The second kappa shape index (κ2) is 14.0. The third-order valence-electron chi connectivity index (χ3n) is 8.09. The minimum Gasteiger partial charge on any atom is -0.389 e. The summed E-state index contributed by atoms with van der Waals surface area (Å²) in [6.07, 6.45) is 0.726. The van der Waals surface area contributed by atoms with Gasteiger partial charge in [0.1, 0.15) is 17.7 Å².